The van der Waals surface area contributed by atoms with Gasteiger partial charge in [-0.15, -0.1) is 0 Å². The van der Waals surface area contributed by atoms with Gasteiger partial charge in [0.1, 0.15) is 6.54 Å². The van der Waals surface area contributed by atoms with Crippen LogP contribution in [0.5, 0.6) is 0 Å². The van der Waals surface area contributed by atoms with Gasteiger partial charge in [-0.25, -0.2) is 0 Å². The third-order valence-corrected chi connectivity index (χ3v) is 6.65. The molecular formula is C19H31N3O2. The van der Waals surface area contributed by atoms with Crippen LogP contribution >= 0.6 is 0 Å². The number of carbonyl (C=O) groups excluding carboxylic acids is 2. The molecule has 1 spiro atoms. The average molecular weight is 333 g/mol. The Morgan fingerprint density at radius 1 is 1.00 bits per heavy atom. The Balaban J connectivity index is 1.41. The Kier molecular flexibility index (Phi) is 4.54. The van der Waals surface area contributed by atoms with E-state index >= 15 is 0 Å². The topological polar surface area (TPSA) is 43.9 Å². The second kappa shape index (κ2) is 6.66. The van der Waals surface area contributed by atoms with Crippen molar-refractivity contribution in [3.8, 4) is 0 Å². The lowest BCUT2D eigenvalue weighted by Crippen LogP contribution is -2.51. The number of carbonyl (C=O) groups is 2. The summed E-state index contributed by atoms with van der Waals surface area (Å²) in [4.78, 5) is 31.7. The highest BCUT2D eigenvalue weighted by molar-refractivity contribution is 5.87. The van der Waals surface area contributed by atoms with E-state index in [9.17, 15) is 9.59 Å². The average Bonchev–Trinajstić information content (AvgIpc) is 3.18. The molecule has 5 heteroatoms. The summed E-state index contributed by atoms with van der Waals surface area (Å²) >= 11 is 0. The minimum Gasteiger partial charge on any atom is -0.341 e. The molecule has 3 saturated heterocycles. The van der Waals surface area contributed by atoms with Gasteiger partial charge in [0.05, 0.1) is 0 Å². The van der Waals surface area contributed by atoms with Crippen molar-refractivity contribution in [1.29, 1.82) is 0 Å². The first-order valence-electron chi connectivity index (χ1n) is 9.97. The third-order valence-electron chi connectivity index (χ3n) is 6.65. The number of nitrogens with zero attached hydrogens (tertiary/aromatic N) is 3. The van der Waals surface area contributed by atoms with E-state index in [0.717, 1.165) is 64.1 Å². The molecule has 5 nitrogen and oxygen atoms in total. The van der Waals surface area contributed by atoms with Gasteiger partial charge in [-0.1, -0.05) is 0 Å². The van der Waals surface area contributed by atoms with E-state index in [0.29, 0.717) is 13.0 Å². The summed E-state index contributed by atoms with van der Waals surface area (Å²) in [6, 6.07) is 0. The molecule has 0 aromatic heterocycles. The van der Waals surface area contributed by atoms with Gasteiger partial charge in [-0.3, -0.25) is 9.59 Å². The highest BCUT2D eigenvalue weighted by atomic mass is 16.2. The summed E-state index contributed by atoms with van der Waals surface area (Å²) in [6.07, 6.45) is 9.90. The van der Waals surface area contributed by atoms with Crippen LogP contribution in [0.4, 0.5) is 0 Å². The maximum absolute atomic E-state index is 12.6. The van der Waals surface area contributed by atoms with Crippen LogP contribution in [0.25, 0.3) is 0 Å². The largest absolute Gasteiger partial charge is 0.341 e. The molecule has 24 heavy (non-hydrogen) atoms. The van der Waals surface area contributed by atoms with E-state index < -0.39 is 0 Å². The monoisotopic (exact) mass is 333 g/mol. The van der Waals surface area contributed by atoms with Crippen molar-refractivity contribution >= 4 is 11.8 Å². The fourth-order valence-corrected chi connectivity index (χ4v) is 4.93. The molecule has 1 aliphatic carbocycles. The molecule has 3 heterocycles. The van der Waals surface area contributed by atoms with Crippen molar-refractivity contribution in [1.82, 2.24) is 14.7 Å². The van der Waals surface area contributed by atoms with Gasteiger partial charge in [0.2, 0.25) is 11.8 Å². The Morgan fingerprint density at radius 2 is 1.79 bits per heavy atom. The molecule has 2 amide bonds. The highest BCUT2D eigenvalue weighted by Crippen LogP contribution is 2.40. The van der Waals surface area contributed by atoms with Crippen molar-refractivity contribution in [3.05, 3.63) is 0 Å². The molecule has 0 bridgehead atoms. The van der Waals surface area contributed by atoms with Gasteiger partial charge in [0.15, 0.2) is 0 Å². The van der Waals surface area contributed by atoms with E-state index in [-0.39, 0.29) is 17.4 Å². The lowest BCUT2D eigenvalue weighted by molar-refractivity contribution is -0.141. The molecule has 0 radical (unpaired) electrons. The number of hydrogen-bond acceptors (Lipinski definition) is 3. The molecule has 0 N–H and O–H groups in total. The molecule has 0 unspecified atom stereocenters. The first kappa shape index (κ1) is 16.4. The van der Waals surface area contributed by atoms with Crippen LogP contribution in [0.1, 0.15) is 57.8 Å². The van der Waals surface area contributed by atoms with Gasteiger partial charge in [0, 0.05) is 38.1 Å². The fourth-order valence-electron chi connectivity index (χ4n) is 4.93. The molecule has 0 aromatic carbocycles. The minimum absolute atomic E-state index is 0.0369. The first-order chi connectivity index (χ1) is 11.7. The summed E-state index contributed by atoms with van der Waals surface area (Å²) in [7, 11) is 0. The zero-order valence-corrected chi connectivity index (χ0v) is 14.8. The van der Waals surface area contributed by atoms with Gasteiger partial charge in [-0.2, -0.15) is 0 Å². The minimum atomic E-state index is -0.0369. The normalized spacial score (nSPS) is 31.9. The van der Waals surface area contributed by atoms with Crippen LogP contribution in [0.3, 0.4) is 0 Å². The second-order valence-electron chi connectivity index (χ2n) is 8.39. The van der Waals surface area contributed by atoms with E-state index in [2.05, 4.69) is 4.90 Å². The van der Waals surface area contributed by atoms with Crippen LogP contribution in [-0.4, -0.2) is 71.3 Å². The Labute approximate surface area is 145 Å². The summed E-state index contributed by atoms with van der Waals surface area (Å²) < 4.78 is 0. The third kappa shape index (κ3) is 3.32. The van der Waals surface area contributed by atoms with Crippen molar-refractivity contribution in [3.63, 3.8) is 0 Å². The smallest absolute Gasteiger partial charge is 0.242 e. The van der Waals surface area contributed by atoms with Crippen molar-refractivity contribution < 1.29 is 9.59 Å². The lowest BCUT2D eigenvalue weighted by Gasteiger charge is -2.38. The molecule has 4 fully saturated rings. The van der Waals surface area contributed by atoms with E-state index in [1.165, 1.54) is 25.9 Å². The maximum atomic E-state index is 12.6. The molecule has 0 aromatic rings. The molecule has 134 valence electrons. The summed E-state index contributed by atoms with van der Waals surface area (Å²) in [5.41, 5.74) is -0.0369. The number of hydrogen-bond donors (Lipinski definition) is 0. The molecular weight excluding hydrogens is 302 g/mol. The predicted octanol–water partition coefficient (Wildman–Crippen LogP) is 1.87. The summed E-state index contributed by atoms with van der Waals surface area (Å²) in [5, 5.41) is 0. The van der Waals surface area contributed by atoms with E-state index in [1.54, 1.807) is 0 Å². The first-order valence-corrected chi connectivity index (χ1v) is 9.97. The number of amides is 2. The zero-order chi connectivity index (χ0) is 16.6. The van der Waals surface area contributed by atoms with Crippen LogP contribution in [-0.2, 0) is 9.59 Å². The van der Waals surface area contributed by atoms with Gasteiger partial charge < -0.3 is 14.7 Å². The molecule has 1 saturated carbocycles. The summed E-state index contributed by atoms with van der Waals surface area (Å²) in [6.45, 7) is 5.59. The van der Waals surface area contributed by atoms with Crippen molar-refractivity contribution in [2.45, 2.75) is 63.3 Å². The quantitative estimate of drug-likeness (QED) is 0.789. The highest BCUT2D eigenvalue weighted by Gasteiger charge is 2.46. The Bertz CT molecular complexity index is 499. The molecule has 3 aliphatic heterocycles. The molecule has 4 aliphatic rings. The van der Waals surface area contributed by atoms with Crippen molar-refractivity contribution in [2.24, 2.45) is 5.92 Å². The van der Waals surface area contributed by atoms with Crippen LogP contribution in [0.2, 0.25) is 0 Å². The fraction of sp³-hybridized carbons (Fsp3) is 0.895. The van der Waals surface area contributed by atoms with Crippen molar-refractivity contribution in [2.75, 3.05) is 39.3 Å². The van der Waals surface area contributed by atoms with Gasteiger partial charge in [0.25, 0.3) is 0 Å². The maximum Gasteiger partial charge on any atom is 0.242 e. The standard InChI is InChI=1S/C19H31N3O2/c23-17-6-8-19(22(17)15-18(24)21-11-1-2-12-21)7-3-10-20(13-9-19)14-16-4-5-16/h16H,1-15H2/t19-/m0/s1. The van der Waals surface area contributed by atoms with Crippen LogP contribution < -0.4 is 0 Å². The van der Waals surface area contributed by atoms with Crippen LogP contribution in [0, 0.1) is 5.92 Å². The van der Waals surface area contributed by atoms with Crippen LogP contribution in [0.15, 0.2) is 0 Å². The summed E-state index contributed by atoms with van der Waals surface area (Å²) in [5.74, 6) is 1.30. The van der Waals surface area contributed by atoms with Gasteiger partial charge in [-0.05, 0) is 63.8 Å². The molecule has 4 rings (SSSR count). The van der Waals surface area contributed by atoms with Gasteiger partial charge >= 0.3 is 0 Å². The second-order valence-corrected chi connectivity index (χ2v) is 8.39. The van der Waals surface area contributed by atoms with E-state index in [4.69, 9.17) is 0 Å². The van der Waals surface area contributed by atoms with E-state index in [1.807, 2.05) is 9.80 Å². The lowest BCUT2D eigenvalue weighted by atomic mass is 9.87. The zero-order valence-electron chi connectivity index (χ0n) is 14.8. The Morgan fingerprint density at radius 3 is 2.54 bits per heavy atom. The Hall–Kier alpha value is -1.10. The number of likely N-dealkylation sites (tertiary alicyclic amines) is 3. The predicted molar refractivity (Wildman–Crippen MR) is 92.5 cm³/mol. The SMILES string of the molecule is O=C(CN1C(=O)CC[C@]12CCCN(CC1CC1)CC2)N1CCCC1. The number of rotatable bonds is 4. The molecule has 1 atom stereocenters.